The van der Waals surface area contributed by atoms with Crippen LogP contribution in [0.1, 0.15) is 32.1 Å². The summed E-state index contributed by atoms with van der Waals surface area (Å²) >= 11 is 0. The van der Waals surface area contributed by atoms with Gasteiger partial charge in [-0.15, -0.1) is 12.4 Å². The van der Waals surface area contributed by atoms with Crippen molar-refractivity contribution in [2.75, 3.05) is 33.3 Å². The SMILES string of the molecule is COC(=O)CN1CCNCC12CCCCC2.Cl. The minimum atomic E-state index is -0.105. The quantitative estimate of drug-likeness (QED) is 0.759. The van der Waals surface area contributed by atoms with Crippen LogP contribution in [-0.4, -0.2) is 49.7 Å². The number of nitrogens with zero attached hydrogens (tertiary/aromatic N) is 1. The molecule has 2 fully saturated rings. The van der Waals surface area contributed by atoms with Crippen LogP contribution in [0.25, 0.3) is 0 Å². The summed E-state index contributed by atoms with van der Waals surface area (Å²) in [5, 5.41) is 3.47. The Morgan fingerprint density at radius 2 is 2.06 bits per heavy atom. The summed E-state index contributed by atoms with van der Waals surface area (Å²) < 4.78 is 4.79. The molecule has 1 spiro atoms. The lowest BCUT2D eigenvalue weighted by molar-refractivity contribution is -0.144. The number of carbonyl (C=O) groups excluding carboxylic acids is 1. The van der Waals surface area contributed by atoms with Crippen LogP contribution in [0.5, 0.6) is 0 Å². The first-order valence-electron chi connectivity index (χ1n) is 6.29. The van der Waals surface area contributed by atoms with Gasteiger partial charge in [-0.25, -0.2) is 0 Å². The maximum Gasteiger partial charge on any atom is 0.319 e. The lowest BCUT2D eigenvalue weighted by Crippen LogP contribution is -2.62. The summed E-state index contributed by atoms with van der Waals surface area (Å²) in [7, 11) is 1.47. The number of nitrogens with one attached hydrogen (secondary N) is 1. The van der Waals surface area contributed by atoms with E-state index in [0.29, 0.717) is 6.54 Å². The minimum Gasteiger partial charge on any atom is -0.468 e. The molecule has 2 rings (SSSR count). The Morgan fingerprint density at radius 1 is 1.35 bits per heavy atom. The molecule has 17 heavy (non-hydrogen) atoms. The zero-order chi connectivity index (χ0) is 11.4. The van der Waals surface area contributed by atoms with Crippen LogP contribution < -0.4 is 5.32 Å². The molecular formula is C12H23ClN2O2. The molecule has 0 amide bonds. The van der Waals surface area contributed by atoms with E-state index in [9.17, 15) is 4.79 Å². The second-order valence-electron chi connectivity index (χ2n) is 4.96. The summed E-state index contributed by atoms with van der Waals surface area (Å²) in [4.78, 5) is 13.8. The van der Waals surface area contributed by atoms with Gasteiger partial charge in [0.1, 0.15) is 0 Å². The highest BCUT2D eigenvalue weighted by atomic mass is 35.5. The third-order valence-electron chi connectivity index (χ3n) is 4.02. The van der Waals surface area contributed by atoms with E-state index in [1.54, 1.807) is 0 Å². The first-order chi connectivity index (χ1) is 7.77. The second kappa shape index (κ2) is 6.57. The molecule has 2 aliphatic rings. The summed E-state index contributed by atoms with van der Waals surface area (Å²) in [5.41, 5.74) is 0.227. The molecule has 0 aromatic heterocycles. The number of methoxy groups -OCH3 is 1. The van der Waals surface area contributed by atoms with Crippen molar-refractivity contribution >= 4 is 18.4 Å². The van der Waals surface area contributed by atoms with E-state index < -0.39 is 0 Å². The van der Waals surface area contributed by atoms with E-state index in [2.05, 4.69) is 10.2 Å². The van der Waals surface area contributed by atoms with E-state index in [4.69, 9.17) is 4.74 Å². The number of esters is 1. The monoisotopic (exact) mass is 262 g/mol. The molecule has 0 unspecified atom stereocenters. The molecule has 0 aromatic rings. The number of hydrogen-bond acceptors (Lipinski definition) is 4. The van der Waals surface area contributed by atoms with Crippen molar-refractivity contribution in [3.8, 4) is 0 Å². The fourth-order valence-electron chi connectivity index (χ4n) is 3.05. The number of rotatable bonds is 2. The Hall–Kier alpha value is -0.320. The zero-order valence-corrected chi connectivity index (χ0v) is 11.4. The highest BCUT2D eigenvalue weighted by Gasteiger charge is 2.40. The standard InChI is InChI=1S/C12H22N2O2.ClH/c1-16-11(15)9-14-8-7-13-10-12(14)5-3-2-4-6-12;/h13H,2-10H2,1H3;1H. The highest BCUT2D eigenvalue weighted by Crippen LogP contribution is 2.34. The molecule has 1 saturated heterocycles. The molecule has 5 heteroatoms. The number of carbonyl (C=O) groups is 1. The van der Waals surface area contributed by atoms with Crippen LogP contribution in [0.15, 0.2) is 0 Å². The Morgan fingerprint density at radius 3 is 2.71 bits per heavy atom. The molecule has 1 aliphatic heterocycles. The zero-order valence-electron chi connectivity index (χ0n) is 10.5. The smallest absolute Gasteiger partial charge is 0.319 e. The van der Waals surface area contributed by atoms with Gasteiger partial charge in [0.05, 0.1) is 13.7 Å². The molecule has 0 aromatic carbocycles. The van der Waals surface area contributed by atoms with Gasteiger partial charge in [0, 0.05) is 25.2 Å². The van der Waals surface area contributed by atoms with Crippen LogP contribution in [0.3, 0.4) is 0 Å². The Kier molecular flexibility index (Phi) is 5.70. The van der Waals surface area contributed by atoms with Crippen molar-refractivity contribution in [3.05, 3.63) is 0 Å². The summed E-state index contributed by atoms with van der Waals surface area (Å²) in [6.45, 7) is 3.44. The number of piperazine rings is 1. The highest BCUT2D eigenvalue weighted by molar-refractivity contribution is 5.85. The Labute approximate surface area is 109 Å². The fraction of sp³-hybridized carbons (Fsp3) is 0.917. The molecule has 0 bridgehead atoms. The van der Waals surface area contributed by atoms with Crippen LogP contribution in [0.4, 0.5) is 0 Å². The van der Waals surface area contributed by atoms with E-state index >= 15 is 0 Å². The first kappa shape index (κ1) is 14.7. The van der Waals surface area contributed by atoms with Crippen molar-refractivity contribution in [1.29, 1.82) is 0 Å². The van der Waals surface area contributed by atoms with Gasteiger partial charge >= 0.3 is 5.97 Å². The third-order valence-corrected chi connectivity index (χ3v) is 4.02. The molecule has 1 aliphatic carbocycles. The fourth-order valence-corrected chi connectivity index (χ4v) is 3.05. The van der Waals surface area contributed by atoms with Gasteiger partial charge in [-0.05, 0) is 12.8 Å². The summed E-state index contributed by atoms with van der Waals surface area (Å²) in [6.07, 6.45) is 6.36. The predicted molar refractivity (Wildman–Crippen MR) is 69.5 cm³/mol. The molecule has 0 radical (unpaired) electrons. The average Bonchev–Trinajstić information content (AvgIpc) is 2.33. The van der Waals surface area contributed by atoms with Crippen molar-refractivity contribution in [3.63, 3.8) is 0 Å². The normalized spacial score (nSPS) is 24.1. The van der Waals surface area contributed by atoms with Crippen molar-refractivity contribution in [2.45, 2.75) is 37.6 Å². The lowest BCUT2D eigenvalue weighted by atomic mass is 9.79. The van der Waals surface area contributed by atoms with Gasteiger partial charge in [0.15, 0.2) is 0 Å². The maximum atomic E-state index is 11.4. The molecule has 1 saturated carbocycles. The van der Waals surface area contributed by atoms with Crippen molar-refractivity contribution in [1.82, 2.24) is 10.2 Å². The average molecular weight is 263 g/mol. The predicted octanol–water partition coefficient (Wildman–Crippen LogP) is 1.19. The molecule has 100 valence electrons. The van der Waals surface area contributed by atoms with Crippen LogP contribution >= 0.6 is 12.4 Å². The van der Waals surface area contributed by atoms with Crippen LogP contribution in [-0.2, 0) is 9.53 Å². The van der Waals surface area contributed by atoms with E-state index in [-0.39, 0.29) is 23.9 Å². The Balaban J connectivity index is 0.00000144. The number of hydrogen-bond donors (Lipinski definition) is 1. The van der Waals surface area contributed by atoms with E-state index in [0.717, 1.165) is 19.6 Å². The third kappa shape index (κ3) is 3.33. The van der Waals surface area contributed by atoms with Crippen molar-refractivity contribution < 1.29 is 9.53 Å². The molecule has 4 nitrogen and oxygen atoms in total. The molecular weight excluding hydrogens is 240 g/mol. The number of halogens is 1. The topological polar surface area (TPSA) is 41.6 Å². The van der Waals surface area contributed by atoms with Gasteiger partial charge in [-0.2, -0.15) is 0 Å². The van der Waals surface area contributed by atoms with E-state index in [1.807, 2.05) is 0 Å². The van der Waals surface area contributed by atoms with Crippen LogP contribution in [0.2, 0.25) is 0 Å². The van der Waals surface area contributed by atoms with Gasteiger partial charge < -0.3 is 10.1 Å². The van der Waals surface area contributed by atoms with E-state index in [1.165, 1.54) is 39.2 Å². The van der Waals surface area contributed by atoms with Gasteiger partial charge in [-0.3, -0.25) is 9.69 Å². The van der Waals surface area contributed by atoms with Crippen LogP contribution in [0, 0.1) is 0 Å². The van der Waals surface area contributed by atoms with Gasteiger partial charge in [0.2, 0.25) is 0 Å². The molecule has 0 atom stereocenters. The lowest BCUT2D eigenvalue weighted by Gasteiger charge is -2.49. The van der Waals surface area contributed by atoms with Gasteiger partial charge in [-0.1, -0.05) is 19.3 Å². The molecule has 1 heterocycles. The second-order valence-corrected chi connectivity index (χ2v) is 4.96. The largest absolute Gasteiger partial charge is 0.468 e. The summed E-state index contributed by atoms with van der Waals surface area (Å²) in [6, 6.07) is 0. The number of ether oxygens (including phenoxy) is 1. The maximum absolute atomic E-state index is 11.4. The first-order valence-corrected chi connectivity index (χ1v) is 6.29. The minimum absolute atomic E-state index is 0. The van der Waals surface area contributed by atoms with Gasteiger partial charge in [0.25, 0.3) is 0 Å². The molecule has 1 N–H and O–H groups in total. The summed E-state index contributed by atoms with van der Waals surface area (Å²) in [5.74, 6) is -0.105. The Bertz CT molecular complexity index is 247. The van der Waals surface area contributed by atoms with Crippen molar-refractivity contribution in [2.24, 2.45) is 0 Å².